The van der Waals surface area contributed by atoms with Crippen LogP contribution in [-0.2, 0) is 19.0 Å². The fraction of sp³-hybridized carbons (Fsp3) is 0.786. The van der Waals surface area contributed by atoms with E-state index in [1.165, 1.54) is 31.1 Å². The second-order valence-corrected chi connectivity index (χ2v) is 5.40. The van der Waals surface area contributed by atoms with Gasteiger partial charge < -0.3 is 14.2 Å². The third-order valence-corrected chi connectivity index (χ3v) is 4.35. The Morgan fingerprint density at radius 3 is 2.72 bits per heavy atom. The first-order valence-corrected chi connectivity index (χ1v) is 6.81. The summed E-state index contributed by atoms with van der Waals surface area (Å²) in [4.78, 5) is 12.0. The van der Waals surface area contributed by atoms with Gasteiger partial charge in [-0.2, -0.15) is 0 Å². The van der Waals surface area contributed by atoms with Crippen LogP contribution in [0.2, 0.25) is 0 Å². The van der Waals surface area contributed by atoms with Crippen molar-refractivity contribution in [1.29, 1.82) is 0 Å². The Morgan fingerprint density at radius 2 is 2.00 bits per heavy atom. The Kier molecular flexibility index (Phi) is 3.16. The van der Waals surface area contributed by atoms with Gasteiger partial charge in [-0.25, -0.2) is 0 Å². The maximum atomic E-state index is 12.0. The lowest BCUT2D eigenvalue weighted by Gasteiger charge is -2.40. The highest BCUT2D eigenvalue weighted by molar-refractivity contribution is 5.76. The lowest BCUT2D eigenvalue weighted by atomic mass is 9.73. The van der Waals surface area contributed by atoms with E-state index in [2.05, 4.69) is 0 Å². The minimum atomic E-state index is -0.547. The molecule has 0 bridgehead atoms. The number of esters is 1. The summed E-state index contributed by atoms with van der Waals surface area (Å²) < 4.78 is 16.5. The van der Waals surface area contributed by atoms with Crippen LogP contribution in [0.1, 0.15) is 38.5 Å². The Hall–Kier alpha value is -0.870. The monoisotopic (exact) mass is 252 g/mol. The predicted octanol–water partition coefficient (Wildman–Crippen LogP) is 2.18. The molecule has 4 heteroatoms. The first-order valence-electron chi connectivity index (χ1n) is 6.81. The van der Waals surface area contributed by atoms with Gasteiger partial charge >= 0.3 is 5.97 Å². The molecule has 1 fully saturated rings. The van der Waals surface area contributed by atoms with Crippen LogP contribution in [0.15, 0.2) is 11.1 Å². The second kappa shape index (κ2) is 4.67. The smallest absolute Gasteiger partial charge is 0.313 e. The van der Waals surface area contributed by atoms with Crippen molar-refractivity contribution in [1.82, 2.24) is 0 Å². The molecule has 0 aromatic carbocycles. The van der Waals surface area contributed by atoms with Gasteiger partial charge in [0.1, 0.15) is 0 Å². The molecule has 0 aromatic heterocycles. The highest BCUT2D eigenvalue weighted by atomic mass is 16.7. The zero-order chi connectivity index (χ0) is 12.6. The molecule has 0 unspecified atom stereocenters. The Bertz CT molecular complexity index is 379. The van der Waals surface area contributed by atoms with Gasteiger partial charge in [0.15, 0.2) is 5.79 Å². The maximum Gasteiger partial charge on any atom is 0.313 e. The molecule has 4 nitrogen and oxygen atoms in total. The van der Waals surface area contributed by atoms with Gasteiger partial charge in [-0.3, -0.25) is 4.79 Å². The van der Waals surface area contributed by atoms with Crippen LogP contribution in [0.3, 0.4) is 0 Å². The largest absolute Gasteiger partial charge is 0.469 e. The topological polar surface area (TPSA) is 44.8 Å². The highest BCUT2D eigenvalue weighted by Gasteiger charge is 2.47. The Labute approximate surface area is 107 Å². The van der Waals surface area contributed by atoms with Crippen LogP contribution >= 0.6 is 0 Å². The van der Waals surface area contributed by atoms with Gasteiger partial charge in [0.25, 0.3) is 0 Å². The lowest BCUT2D eigenvalue weighted by molar-refractivity contribution is -0.180. The van der Waals surface area contributed by atoms with E-state index in [-0.39, 0.29) is 11.9 Å². The third kappa shape index (κ3) is 1.97. The summed E-state index contributed by atoms with van der Waals surface area (Å²) in [5.41, 5.74) is 2.68. The molecule has 0 saturated carbocycles. The average Bonchev–Trinajstić information content (AvgIpc) is 2.85. The quantitative estimate of drug-likeness (QED) is 0.530. The molecule has 1 heterocycles. The number of ether oxygens (including phenoxy) is 3. The van der Waals surface area contributed by atoms with Crippen LogP contribution in [0.25, 0.3) is 0 Å². The van der Waals surface area contributed by atoms with Crippen molar-refractivity contribution < 1.29 is 19.0 Å². The van der Waals surface area contributed by atoms with E-state index in [9.17, 15) is 4.79 Å². The Morgan fingerprint density at radius 1 is 1.28 bits per heavy atom. The molecule has 1 spiro atoms. The number of carbonyl (C=O) groups is 1. The summed E-state index contributed by atoms with van der Waals surface area (Å²) in [5.74, 6) is -0.839. The third-order valence-electron chi connectivity index (χ3n) is 4.35. The van der Waals surface area contributed by atoms with E-state index in [1.807, 2.05) is 0 Å². The van der Waals surface area contributed by atoms with Gasteiger partial charge in [0.05, 0.1) is 26.2 Å². The number of hydrogen-bond acceptors (Lipinski definition) is 4. The number of rotatable bonds is 1. The lowest BCUT2D eigenvalue weighted by Crippen LogP contribution is -2.41. The van der Waals surface area contributed by atoms with E-state index in [4.69, 9.17) is 14.2 Å². The molecule has 0 N–H and O–H groups in total. The molecule has 1 aliphatic heterocycles. The van der Waals surface area contributed by atoms with Crippen molar-refractivity contribution in [2.75, 3.05) is 20.3 Å². The summed E-state index contributed by atoms with van der Waals surface area (Å²) in [6, 6.07) is 0. The van der Waals surface area contributed by atoms with E-state index < -0.39 is 5.79 Å². The molecule has 100 valence electrons. The van der Waals surface area contributed by atoms with Crippen molar-refractivity contribution in [2.24, 2.45) is 5.92 Å². The van der Waals surface area contributed by atoms with Crippen molar-refractivity contribution in [3.63, 3.8) is 0 Å². The molecule has 3 rings (SSSR count). The van der Waals surface area contributed by atoms with Crippen LogP contribution in [-0.4, -0.2) is 32.1 Å². The number of hydrogen-bond donors (Lipinski definition) is 0. The van der Waals surface area contributed by atoms with Gasteiger partial charge in [0.2, 0.25) is 0 Å². The van der Waals surface area contributed by atoms with E-state index in [1.54, 1.807) is 0 Å². The molecule has 2 aliphatic carbocycles. The fourth-order valence-corrected chi connectivity index (χ4v) is 3.53. The van der Waals surface area contributed by atoms with Crippen LogP contribution in [0.5, 0.6) is 0 Å². The van der Waals surface area contributed by atoms with Crippen LogP contribution in [0, 0.1) is 5.92 Å². The maximum absolute atomic E-state index is 12.0. The van der Waals surface area contributed by atoms with Crippen LogP contribution in [0.4, 0.5) is 0 Å². The average molecular weight is 252 g/mol. The zero-order valence-corrected chi connectivity index (χ0v) is 10.9. The molecular formula is C14H20O4. The summed E-state index contributed by atoms with van der Waals surface area (Å²) in [5, 5.41) is 0. The van der Waals surface area contributed by atoms with E-state index in [0.717, 1.165) is 19.3 Å². The fourth-order valence-electron chi connectivity index (χ4n) is 3.53. The number of methoxy groups -OCH3 is 1. The summed E-state index contributed by atoms with van der Waals surface area (Å²) in [6.07, 6.45) is 5.97. The van der Waals surface area contributed by atoms with Crippen molar-refractivity contribution >= 4 is 5.97 Å². The first-order chi connectivity index (χ1) is 8.74. The highest BCUT2D eigenvalue weighted by Crippen LogP contribution is 2.47. The SMILES string of the molecule is COC(=O)[C@@H]1CC2(CC3=C1CCCC3)OCCO2. The van der Waals surface area contributed by atoms with Crippen molar-refractivity contribution in [3.05, 3.63) is 11.1 Å². The summed E-state index contributed by atoms with van der Waals surface area (Å²) >= 11 is 0. The molecular weight excluding hydrogens is 232 g/mol. The minimum Gasteiger partial charge on any atom is -0.469 e. The molecule has 0 aromatic rings. The molecule has 0 amide bonds. The van der Waals surface area contributed by atoms with Crippen molar-refractivity contribution in [2.45, 2.75) is 44.3 Å². The zero-order valence-electron chi connectivity index (χ0n) is 10.9. The van der Waals surface area contributed by atoms with E-state index >= 15 is 0 Å². The predicted molar refractivity (Wildman–Crippen MR) is 64.9 cm³/mol. The molecule has 1 saturated heterocycles. The molecule has 3 aliphatic rings. The van der Waals surface area contributed by atoms with Gasteiger partial charge in [0, 0.05) is 12.8 Å². The van der Waals surface area contributed by atoms with Crippen molar-refractivity contribution in [3.8, 4) is 0 Å². The van der Waals surface area contributed by atoms with Gasteiger partial charge in [-0.15, -0.1) is 0 Å². The normalized spacial score (nSPS) is 30.4. The minimum absolute atomic E-state index is 0.137. The van der Waals surface area contributed by atoms with Gasteiger partial charge in [-0.1, -0.05) is 11.1 Å². The molecule has 0 radical (unpaired) electrons. The number of carbonyl (C=O) groups excluding carboxylic acids is 1. The Balaban J connectivity index is 1.92. The summed E-state index contributed by atoms with van der Waals surface area (Å²) in [6.45, 7) is 1.27. The van der Waals surface area contributed by atoms with Crippen LogP contribution < -0.4 is 0 Å². The van der Waals surface area contributed by atoms with Gasteiger partial charge in [-0.05, 0) is 25.7 Å². The standard InChI is InChI=1S/C14H20O4/c1-16-13(15)12-9-14(17-6-7-18-14)8-10-4-2-3-5-11(10)12/h12H,2-9H2,1H3/t12-/m1/s1. The van der Waals surface area contributed by atoms with E-state index in [0.29, 0.717) is 19.6 Å². The second-order valence-electron chi connectivity index (χ2n) is 5.40. The molecule has 1 atom stereocenters. The first kappa shape index (κ1) is 12.2. The molecule has 18 heavy (non-hydrogen) atoms. The summed E-state index contributed by atoms with van der Waals surface area (Å²) in [7, 11) is 1.46.